The third kappa shape index (κ3) is 4.17. The molecule has 7 nitrogen and oxygen atoms in total. The minimum Gasteiger partial charge on any atom is -0.355 e. The van der Waals surface area contributed by atoms with Crippen molar-refractivity contribution < 1.29 is 14.4 Å². The number of amides is 3. The van der Waals surface area contributed by atoms with Gasteiger partial charge in [-0.3, -0.25) is 19.3 Å². The van der Waals surface area contributed by atoms with Crippen molar-refractivity contribution in [2.45, 2.75) is 12.8 Å². The molecule has 0 radical (unpaired) electrons. The SMILES string of the molecule is CN(C)C(=O)CN1CCCN(C(=O)C2CNC(=O)C2)CC1. The van der Waals surface area contributed by atoms with Crippen LogP contribution in [0.3, 0.4) is 0 Å². The maximum Gasteiger partial charge on any atom is 0.236 e. The summed E-state index contributed by atoms with van der Waals surface area (Å²) < 4.78 is 0. The second kappa shape index (κ2) is 6.89. The molecule has 2 fully saturated rings. The van der Waals surface area contributed by atoms with Gasteiger partial charge in [0.1, 0.15) is 0 Å². The maximum absolute atomic E-state index is 12.4. The number of nitrogens with zero attached hydrogens (tertiary/aromatic N) is 3. The van der Waals surface area contributed by atoms with Crippen molar-refractivity contribution in [2.75, 3.05) is 53.4 Å². The molecule has 0 spiro atoms. The molecule has 2 aliphatic rings. The zero-order valence-electron chi connectivity index (χ0n) is 12.8. The fourth-order valence-electron chi connectivity index (χ4n) is 2.72. The maximum atomic E-state index is 12.4. The van der Waals surface area contributed by atoms with Gasteiger partial charge < -0.3 is 15.1 Å². The molecule has 118 valence electrons. The molecule has 0 aliphatic carbocycles. The van der Waals surface area contributed by atoms with Crippen LogP contribution < -0.4 is 5.32 Å². The molecule has 0 aromatic heterocycles. The summed E-state index contributed by atoms with van der Waals surface area (Å²) in [5.74, 6) is -0.108. The van der Waals surface area contributed by atoms with E-state index in [1.54, 1.807) is 19.0 Å². The summed E-state index contributed by atoms with van der Waals surface area (Å²) >= 11 is 0. The first kappa shape index (κ1) is 15.8. The number of hydrogen-bond acceptors (Lipinski definition) is 4. The van der Waals surface area contributed by atoms with Crippen LogP contribution in [0.5, 0.6) is 0 Å². The van der Waals surface area contributed by atoms with Gasteiger partial charge in [-0.25, -0.2) is 0 Å². The van der Waals surface area contributed by atoms with Gasteiger partial charge >= 0.3 is 0 Å². The lowest BCUT2D eigenvalue weighted by molar-refractivity contribution is -0.135. The first-order chi connectivity index (χ1) is 9.97. The van der Waals surface area contributed by atoms with Gasteiger partial charge in [0.2, 0.25) is 17.7 Å². The Hall–Kier alpha value is -1.63. The summed E-state index contributed by atoms with van der Waals surface area (Å²) in [5, 5.41) is 2.71. The molecule has 2 rings (SSSR count). The Morgan fingerprint density at radius 1 is 1.24 bits per heavy atom. The van der Waals surface area contributed by atoms with Gasteiger partial charge in [0.15, 0.2) is 0 Å². The quantitative estimate of drug-likeness (QED) is 0.706. The van der Waals surface area contributed by atoms with E-state index in [1.165, 1.54) is 0 Å². The van der Waals surface area contributed by atoms with Crippen LogP contribution >= 0.6 is 0 Å². The number of carbonyl (C=O) groups is 3. The van der Waals surface area contributed by atoms with E-state index in [0.29, 0.717) is 39.1 Å². The smallest absolute Gasteiger partial charge is 0.236 e. The number of nitrogens with one attached hydrogen (secondary N) is 1. The molecule has 0 aromatic rings. The fourth-order valence-corrected chi connectivity index (χ4v) is 2.72. The van der Waals surface area contributed by atoms with E-state index in [9.17, 15) is 14.4 Å². The van der Waals surface area contributed by atoms with Gasteiger partial charge in [0.25, 0.3) is 0 Å². The molecule has 1 N–H and O–H groups in total. The van der Waals surface area contributed by atoms with Crippen molar-refractivity contribution in [3.05, 3.63) is 0 Å². The minimum atomic E-state index is -0.215. The highest BCUT2D eigenvalue weighted by molar-refractivity contribution is 5.89. The predicted molar refractivity (Wildman–Crippen MR) is 77.4 cm³/mol. The number of rotatable bonds is 3. The van der Waals surface area contributed by atoms with Crippen LogP contribution in [0.15, 0.2) is 0 Å². The zero-order valence-corrected chi connectivity index (χ0v) is 12.8. The second-order valence-corrected chi connectivity index (χ2v) is 5.95. The first-order valence-electron chi connectivity index (χ1n) is 7.45. The van der Waals surface area contributed by atoms with Crippen molar-refractivity contribution >= 4 is 17.7 Å². The Morgan fingerprint density at radius 3 is 2.62 bits per heavy atom. The van der Waals surface area contributed by atoms with Crippen LogP contribution in [0.1, 0.15) is 12.8 Å². The minimum absolute atomic E-state index is 0.0404. The van der Waals surface area contributed by atoms with Crippen molar-refractivity contribution in [3.8, 4) is 0 Å². The van der Waals surface area contributed by atoms with Crippen LogP contribution in [0.2, 0.25) is 0 Å². The van der Waals surface area contributed by atoms with Crippen LogP contribution in [-0.4, -0.2) is 85.8 Å². The number of hydrogen-bond donors (Lipinski definition) is 1. The first-order valence-corrected chi connectivity index (χ1v) is 7.45. The highest BCUT2D eigenvalue weighted by Gasteiger charge is 2.32. The molecule has 2 saturated heterocycles. The van der Waals surface area contributed by atoms with Gasteiger partial charge in [-0.1, -0.05) is 0 Å². The van der Waals surface area contributed by atoms with E-state index in [-0.39, 0.29) is 23.6 Å². The highest BCUT2D eigenvalue weighted by Crippen LogP contribution is 2.14. The van der Waals surface area contributed by atoms with Crippen LogP contribution in [0.4, 0.5) is 0 Å². The van der Waals surface area contributed by atoms with Crippen molar-refractivity contribution in [2.24, 2.45) is 5.92 Å². The van der Waals surface area contributed by atoms with Gasteiger partial charge in [-0.15, -0.1) is 0 Å². The van der Waals surface area contributed by atoms with Crippen molar-refractivity contribution in [1.29, 1.82) is 0 Å². The Balaban J connectivity index is 1.84. The number of carbonyl (C=O) groups excluding carboxylic acids is 3. The van der Waals surface area contributed by atoms with E-state index in [4.69, 9.17) is 0 Å². The molecule has 0 saturated carbocycles. The largest absolute Gasteiger partial charge is 0.355 e. The van der Waals surface area contributed by atoms with Gasteiger partial charge in [0, 0.05) is 53.2 Å². The Kier molecular flexibility index (Phi) is 5.17. The highest BCUT2D eigenvalue weighted by atomic mass is 16.2. The summed E-state index contributed by atoms with van der Waals surface area (Å²) in [7, 11) is 3.50. The summed E-state index contributed by atoms with van der Waals surface area (Å²) in [6.07, 6.45) is 1.17. The van der Waals surface area contributed by atoms with Crippen LogP contribution in [0, 0.1) is 5.92 Å². The molecular weight excluding hydrogens is 272 g/mol. The predicted octanol–water partition coefficient (Wildman–Crippen LogP) is -1.25. The lowest BCUT2D eigenvalue weighted by Crippen LogP contribution is -2.41. The average molecular weight is 296 g/mol. The zero-order chi connectivity index (χ0) is 15.4. The summed E-state index contributed by atoms with van der Waals surface area (Å²) in [6.45, 7) is 3.72. The van der Waals surface area contributed by atoms with E-state index in [0.717, 1.165) is 13.0 Å². The third-order valence-electron chi connectivity index (χ3n) is 4.08. The second-order valence-electron chi connectivity index (χ2n) is 5.95. The lowest BCUT2D eigenvalue weighted by atomic mass is 10.1. The normalized spacial score (nSPS) is 23.6. The average Bonchev–Trinajstić information content (AvgIpc) is 2.74. The molecule has 1 atom stereocenters. The van der Waals surface area contributed by atoms with Crippen molar-refractivity contribution in [3.63, 3.8) is 0 Å². The molecule has 7 heteroatoms. The molecule has 0 aromatic carbocycles. The topological polar surface area (TPSA) is 73.0 Å². The monoisotopic (exact) mass is 296 g/mol. The van der Waals surface area contributed by atoms with Crippen LogP contribution in [-0.2, 0) is 14.4 Å². The molecule has 2 heterocycles. The standard InChI is InChI=1S/C14H24N4O3/c1-16(2)13(20)10-17-4-3-5-18(7-6-17)14(21)11-8-12(19)15-9-11/h11H,3-10H2,1-2H3,(H,15,19). The Bertz CT molecular complexity index is 424. The summed E-state index contributed by atoms with van der Waals surface area (Å²) in [5.41, 5.74) is 0. The Morgan fingerprint density at radius 2 is 2.00 bits per heavy atom. The fraction of sp³-hybridized carbons (Fsp3) is 0.786. The summed E-state index contributed by atoms with van der Waals surface area (Å²) in [4.78, 5) is 40.8. The van der Waals surface area contributed by atoms with E-state index < -0.39 is 0 Å². The van der Waals surface area contributed by atoms with Gasteiger partial charge in [-0.05, 0) is 6.42 Å². The molecule has 3 amide bonds. The lowest BCUT2D eigenvalue weighted by Gasteiger charge is -2.24. The van der Waals surface area contributed by atoms with Gasteiger partial charge in [0.05, 0.1) is 12.5 Å². The molecule has 2 aliphatic heterocycles. The number of likely N-dealkylation sites (N-methyl/N-ethyl adjacent to an activating group) is 1. The van der Waals surface area contributed by atoms with Gasteiger partial charge in [-0.2, -0.15) is 0 Å². The molecule has 1 unspecified atom stereocenters. The molecular formula is C14H24N4O3. The third-order valence-corrected chi connectivity index (χ3v) is 4.08. The molecule has 0 bridgehead atoms. The Labute approximate surface area is 125 Å². The van der Waals surface area contributed by atoms with E-state index in [1.807, 2.05) is 4.90 Å². The van der Waals surface area contributed by atoms with Crippen LogP contribution in [0.25, 0.3) is 0 Å². The molecule has 21 heavy (non-hydrogen) atoms. The van der Waals surface area contributed by atoms with E-state index >= 15 is 0 Å². The van der Waals surface area contributed by atoms with Crippen molar-refractivity contribution in [1.82, 2.24) is 20.0 Å². The van der Waals surface area contributed by atoms with E-state index in [2.05, 4.69) is 10.2 Å². The summed E-state index contributed by atoms with van der Waals surface area (Å²) in [6, 6.07) is 0.